The minimum atomic E-state index is -0.995. The van der Waals surface area contributed by atoms with E-state index in [1.54, 1.807) is 0 Å². The molecule has 1 aliphatic rings. The van der Waals surface area contributed by atoms with Gasteiger partial charge in [-0.2, -0.15) is 0 Å². The molecule has 0 aliphatic carbocycles. The van der Waals surface area contributed by atoms with E-state index < -0.39 is 14.1 Å². The highest BCUT2D eigenvalue weighted by Gasteiger charge is 1.99. The number of hydrogen-bond acceptors (Lipinski definition) is 2. The van der Waals surface area contributed by atoms with Crippen LogP contribution in [0.4, 0.5) is 11.4 Å². The van der Waals surface area contributed by atoms with Crippen molar-refractivity contribution in [1.29, 1.82) is 0 Å². The highest BCUT2D eigenvalue weighted by molar-refractivity contribution is 6.83. The highest BCUT2D eigenvalue weighted by atomic mass is 27.2. The van der Waals surface area contributed by atoms with E-state index in [9.17, 15) is 0 Å². The van der Waals surface area contributed by atoms with E-state index in [0.29, 0.717) is 0 Å². The highest BCUT2D eigenvalue weighted by Crippen LogP contribution is 2.10. The maximum atomic E-state index is 3.25. The van der Waals surface area contributed by atoms with Crippen molar-refractivity contribution in [3.8, 4) is 0 Å². The van der Waals surface area contributed by atoms with Crippen molar-refractivity contribution in [1.82, 2.24) is 0 Å². The van der Waals surface area contributed by atoms with Crippen molar-refractivity contribution >= 4 is 29.9 Å². The summed E-state index contributed by atoms with van der Waals surface area (Å²) in [5.74, 6) is 0. The molecule has 0 unspecified atom stereocenters. The molecule has 0 amide bonds. The lowest BCUT2D eigenvalue weighted by atomic mass is 10.3. The van der Waals surface area contributed by atoms with Crippen LogP contribution in [-0.2, 0) is 0 Å². The molecule has 0 bridgehead atoms. The second-order valence-electron chi connectivity index (χ2n) is 4.54. The molecule has 0 atom stereocenters. The lowest BCUT2D eigenvalue weighted by Crippen LogP contribution is -2.25. The normalized spacial score (nSPS) is 13.7. The maximum Gasteiger partial charge on any atom is 0.0617 e. The molecule has 93 valence electrons. The van der Waals surface area contributed by atoms with Crippen molar-refractivity contribution in [2.24, 2.45) is 0 Å². The van der Waals surface area contributed by atoms with Gasteiger partial charge in [0.25, 0.3) is 0 Å². The quantitative estimate of drug-likeness (QED) is 0.653. The Hall–Kier alpha value is -1.95. The van der Waals surface area contributed by atoms with Gasteiger partial charge in [0.15, 0.2) is 0 Å². The van der Waals surface area contributed by atoms with Gasteiger partial charge in [-0.25, -0.2) is 0 Å². The molecule has 0 aromatic heterocycles. The van der Waals surface area contributed by atoms with Gasteiger partial charge in [-0.15, -0.1) is 18.2 Å². The number of nitrogens with one attached hydrogen (secondary N) is 2. The Morgan fingerprint density at radius 3 is 2.16 bits per heavy atom. The van der Waals surface area contributed by atoms with Crippen molar-refractivity contribution in [3.63, 3.8) is 0 Å². The summed E-state index contributed by atoms with van der Waals surface area (Å²) in [6.07, 6.45) is 4.30. The molecule has 3 heteroatoms. The molecule has 2 nitrogen and oxygen atoms in total. The summed E-state index contributed by atoms with van der Waals surface area (Å²) in [5, 5.41) is 0. The molecular formula is C16H15AlN2-. The van der Waals surface area contributed by atoms with Crippen molar-refractivity contribution < 1.29 is 0 Å². The zero-order chi connectivity index (χ0) is 12.9. The minimum absolute atomic E-state index is 0.995. The molecule has 0 saturated heterocycles. The standard InChI is InChI=1S/C12H11N2.C4H4.Al/c1-3-7-11(8-4-1)13-14-12-9-5-2-6-10-12;1-3-4-2;/h1-5,7-10,13-14H;1-4H;/q;;-1. The monoisotopic (exact) mass is 262 g/mol. The van der Waals surface area contributed by atoms with Crippen LogP contribution in [0.1, 0.15) is 0 Å². The molecule has 2 aromatic carbocycles. The van der Waals surface area contributed by atoms with E-state index in [1.165, 1.54) is 4.43 Å². The van der Waals surface area contributed by atoms with Gasteiger partial charge in [0.2, 0.25) is 0 Å². The minimum Gasteiger partial charge on any atom is -0.301 e. The molecule has 2 N–H and O–H groups in total. The van der Waals surface area contributed by atoms with Crippen molar-refractivity contribution in [2.75, 3.05) is 10.9 Å². The van der Waals surface area contributed by atoms with Crippen LogP contribution in [0.25, 0.3) is 0 Å². The number of allylic oxidation sites excluding steroid dienone is 2. The van der Waals surface area contributed by atoms with Crippen LogP contribution in [-0.4, -0.2) is 14.1 Å². The fourth-order valence-electron chi connectivity index (χ4n) is 2.14. The van der Waals surface area contributed by atoms with Crippen LogP contribution in [0.15, 0.2) is 76.6 Å². The number of benzene rings is 2. The fourth-order valence-corrected chi connectivity index (χ4v) is 4.16. The third kappa shape index (κ3) is 3.09. The smallest absolute Gasteiger partial charge is 0.0617 e. The molecule has 1 radical (unpaired) electrons. The molecule has 1 aliphatic heterocycles. The average molecular weight is 262 g/mol. The Balaban J connectivity index is 1.70. The van der Waals surface area contributed by atoms with Gasteiger partial charge in [0, 0.05) is 0 Å². The number of anilines is 2. The third-order valence-electron chi connectivity index (χ3n) is 3.14. The van der Waals surface area contributed by atoms with Crippen LogP contribution in [0.5, 0.6) is 0 Å². The summed E-state index contributed by atoms with van der Waals surface area (Å²) in [6.45, 7) is 0. The predicted molar refractivity (Wildman–Crippen MR) is 83.8 cm³/mol. The third-order valence-corrected chi connectivity index (χ3v) is 5.55. The Bertz CT molecular complexity index is 593. The Morgan fingerprint density at radius 2 is 1.37 bits per heavy atom. The largest absolute Gasteiger partial charge is 0.301 e. The topological polar surface area (TPSA) is 24.1 Å². The summed E-state index contributed by atoms with van der Waals surface area (Å²) in [5.41, 5.74) is 8.62. The summed E-state index contributed by atoms with van der Waals surface area (Å²) in [7, 11) is 0. The van der Waals surface area contributed by atoms with E-state index in [4.69, 9.17) is 0 Å². The second kappa shape index (κ2) is 5.80. The molecule has 0 fully saturated rings. The number of hydrazine groups is 1. The van der Waals surface area contributed by atoms with E-state index in [0.717, 1.165) is 11.4 Å². The summed E-state index contributed by atoms with van der Waals surface area (Å²) >= 11 is -0.995. The molecule has 3 rings (SSSR count). The van der Waals surface area contributed by atoms with Gasteiger partial charge in [0.05, 0.1) is 25.5 Å². The second-order valence-corrected chi connectivity index (χ2v) is 7.03. The number of para-hydroxylation sites is 1. The first-order valence-electron chi connectivity index (χ1n) is 6.44. The SMILES string of the molecule is C1=[CH][Al-]([c]2cccc(NNc3ccccc3)c2)[CH]=C1. The van der Waals surface area contributed by atoms with Crippen LogP contribution in [0.3, 0.4) is 0 Å². The number of rotatable bonds is 4. The summed E-state index contributed by atoms with van der Waals surface area (Å²) in [4.78, 5) is 4.67. The molecule has 0 spiro atoms. The van der Waals surface area contributed by atoms with Gasteiger partial charge in [-0.3, -0.25) is 14.3 Å². The Kier molecular flexibility index (Phi) is 3.69. The first kappa shape index (κ1) is 12.1. The number of hydrogen-bond donors (Lipinski definition) is 2. The molecule has 19 heavy (non-hydrogen) atoms. The maximum absolute atomic E-state index is 3.25. The van der Waals surface area contributed by atoms with E-state index >= 15 is 0 Å². The molecule has 2 aromatic rings. The van der Waals surface area contributed by atoms with Gasteiger partial charge < -0.3 is 10.9 Å². The van der Waals surface area contributed by atoms with Gasteiger partial charge in [-0.1, -0.05) is 30.3 Å². The Morgan fingerprint density at radius 1 is 0.684 bits per heavy atom. The summed E-state index contributed by atoms with van der Waals surface area (Å²) < 4.78 is 1.44. The van der Waals surface area contributed by atoms with Crippen LogP contribution < -0.4 is 15.3 Å². The van der Waals surface area contributed by atoms with E-state index in [1.807, 2.05) is 30.3 Å². The van der Waals surface area contributed by atoms with Crippen LogP contribution in [0.2, 0.25) is 0 Å². The first-order chi connectivity index (χ1) is 9.42. The van der Waals surface area contributed by atoms with Crippen molar-refractivity contribution in [3.05, 3.63) is 76.6 Å². The molecule has 1 heterocycles. The van der Waals surface area contributed by atoms with Crippen LogP contribution in [0, 0.1) is 0 Å². The molecular weight excluding hydrogens is 247 g/mol. The Labute approximate surface area is 117 Å². The lowest BCUT2D eigenvalue weighted by molar-refractivity contribution is 1.42. The van der Waals surface area contributed by atoms with E-state index in [2.05, 4.69) is 57.1 Å². The zero-order valence-electron chi connectivity index (χ0n) is 10.6. The lowest BCUT2D eigenvalue weighted by Gasteiger charge is -2.17. The first-order valence-corrected chi connectivity index (χ1v) is 8.35. The van der Waals surface area contributed by atoms with Gasteiger partial charge in [0.1, 0.15) is 0 Å². The fraction of sp³-hybridized carbons (Fsp3) is 0. The van der Waals surface area contributed by atoms with Crippen LogP contribution >= 0.6 is 0 Å². The van der Waals surface area contributed by atoms with Crippen molar-refractivity contribution in [2.45, 2.75) is 0 Å². The average Bonchev–Trinajstić information content (AvgIpc) is 3.01. The predicted octanol–water partition coefficient (Wildman–Crippen LogP) is 3.03. The summed E-state index contributed by atoms with van der Waals surface area (Å²) in [6, 6.07) is 18.7. The van der Waals surface area contributed by atoms with Gasteiger partial charge >= 0.3 is 0 Å². The van der Waals surface area contributed by atoms with Gasteiger partial charge in [-0.05, 0) is 18.2 Å². The zero-order valence-corrected chi connectivity index (χ0v) is 11.7. The molecule has 0 saturated carbocycles. The van der Waals surface area contributed by atoms with E-state index in [-0.39, 0.29) is 0 Å².